The number of carbonyl (C=O) groups is 1. The van der Waals surface area contributed by atoms with Crippen molar-refractivity contribution in [3.05, 3.63) is 59.7 Å². The second-order valence-electron chi connectivity index (χ2n) is 6.23. The molecule has 0 spiro atoms. The molecule has 0 radical (unpaired) electrons. The molecule has 2 N–H and O–H groups in total. The summed E-state index contributed by atoms with van der Waals surface area (Å²) >= 11 is 0. The van der Waals surface area contributed by atoms with Gasteiger partial charge in [0.1, 0.15) is 19.0 Å². The Labute approximate surface area is 166 Å². The maximum absolute atomic E-state index is 12.3. The first-order chi connectivity index (χ1) is 13.4. The molecule has 0 aliphatic rings. The van der Waals surface area contributed by atoms with Crippen molar-refractivity contribution in [1.29, 1.82) is 0 Å². The summed E-state index contributed by atoms with van der Waals surface area (Å²) in [6.45, 7) is 4.36. The van der Waals surface area contributed by atoms with Crippen LogP contribution in [-0.4, -0.2) is 47.2 Å². The number of hydrogen-bond acceptors (Lipinski definition) is 5. The van der Waals surface area contributed by atoms with Crippen LogP contribution in [0.25, 0.3) is 0 Å². The van der Waals surface area contributed by atoms with Crippen LogP contribution in [0.15, 0.2) is 53.4 Å². The number of nitrogens with one attached hydrogen (secondary N) is 2. The van der Waals surface area contributed by atoms with Gasteiger partial charge in [-0.25, -0.2) is 13.1 Å². The Morgan fingerprint density at radius 3 is 2.50 bits per heavy atom. The zero-order chi connectivity index (χ0) is 20.4. The number of para-hydroxylation sites is 1. The van der Waals surface area contributed by atoms with Crippen LogP contribution in [0.3, 0.4) is 0 Å². The Kier molecular flexibility index (Phi) is 8.43. The summed E-state index contributed by atoms with van der Waals surface area (Å²) < 4.78 is 37.9. The number of hydrogen-bond donors (Lipinski definition) is 2. The van der Waals surface area contributed by atoms with Gasteiger partial charge in [-0.1, -0.05) is 30.3 Å². The molecule has 0 saturated carbocycles. The minimum Gasteiger partial charge on any atom is -0.491 e. The minimum atomic E-state index is -3.61. The van der Waals surface area contributed by atoms with E-state index in [0.29, 0.717) is 12.2 Å². The number of aryl methyl sites for hydroxylation is 2. The van der Waals surface area contributed by atoms with Crippen LogP contribution in [0.5, 0.6) is 5.75 Å². The van der Waals surface area contributed by atoms with Crippen molar-refractivity contribution in [2.75, 3.05) is 32.9 Å². The Morgan fingerprint density at radius 2 is 1.75 bits per heavy atom. The summed E-state index contributed by atoms with van der Waals surface area (Å²) in [6, 6.07) is 14.6. The molecule has 2 aromatic rings. The summed E-state index contributed by atoms with van der Waals surface area (Å²) in [7, 11) is -3.61. The van der Waals surface area contributed by atoms with E-state index in [4.69, 9.17) is 9.47 Å². The van der Waals surface area contributed by atoms with E-state index in [2.05, 4.69) is 10.0 Å². The summed E-state index contributed by atoms with van der Waals surface area (Å²) in [5.74, 6) is 0.428. The van der Waals surface area contributed by atoms with E-state index in [0.717, 1.165) is 11.3 Å². The largest absolute Gasteiger partial charge is 0.491 e. The number of benzene rings is 2. The highest BCUT2D eigenvalue weighted by molar-refractivity contribution is 7.89. The molecule has 0 fully saturated rings. The predicted octanol–water partition coefficient (Wildman–Crippen LogP) is 1.79. The van der Waals surface area contributed by atoms with Gasteiger partial charge in [0.05, 0.1) is 11.5 Å². The highest BCUT2D eigenvalue weighted by Crippen LogP contribution is 2.16. The highest BCUT2D eigenvalue weighted by atomic mass is 32.2. The Morgan fingerprint density at radius 1 is 1.00 bits per heavy atom. The maximum atomic E-state index is 12.3. The Bertz CT molecular complexity index is 869. The molecule has 0 bridgehead atoms. The van der Waals surface area contributed by atoms with Crippen molar-refractivity contribution in [3.8, 4) is 5.75 Å². The molecule has 7 nitrogen and oxygen atoms in total. The van der Waals surface area contributed by atoms with Crippen LogP contribution < -0.4 is 14.8 Å². The van der Waals surface area contributed by atoms with Gasteiger partial charge in [-0.15, -0.1) is 0 Å². The SMILES string of the molecule is Cc1ccc(C)c(S(=O)(=O)NCCNC(=O)COCCOc2ccccc2)c1. The first kappa shape index (κ1) is 21.9. The third-order valence-corrected chi connectivity index (χ3v) is 5.45. The molecule has 28 heavy (non-hydrogen) atoms. The lowest BCUT2D eigenvalue weighted by Gasteiger charge is -2.11. The molecule has 0 aliphatic heterocycles. The van der Waals surface area contributed by atoms with Crippen LogP contribution in [-0.2, 0) is 19.6 Å². The molecule has 152 valence electrons. The third-order valence-electron chi connectivity index (χ3n) is 3.85. The van der Waals surface area contributed by atoms with Crippen LogP contribution in [0, 0.1) is 13.8 Å². The van der Waals surface area contributed by atoms with Gasteiger partial charge in [-0.2, -0.15) is 0 Å². The van der Waals surface area contributed by atoms with Gasteiger partial charge in [0.2, 0.25) is 15.9 Å². The van der Waals surface area contributed by atoms with E-state index in [1.54, 1.807) is 19.1 Å². The van der Waals surface area contributed by atoms with Crippen LogP contribution in [0.2, 0.25) is 0 Å². The van der Waals surface area contributed by atoms with E-state index in [1.165, 1.54) is 0 Å². The van der Waals surface area contributed by atoms with Gasteiger partial charge in [0.25, 0.3) is 0 Å². The fraction of sp³-hybridized carbons (Fsp3) is 0.350. The predicted molar refractivity (Wildman–Crippen MR) is 107 cm³/mol. The molecule has 0 unspecified atom stereocenters. The van der Waals surface area contributed by atoms with Gasteiger partial charge >= 0.3 is 0 Å². The van der Waals surface area contributed by atoms with E-state index in [-0.39, 0.29) is 37.1 Å². The fourth-order valence-electron chi connectivity index (χ4n) is 2.41. The lowest BCUT2D eigenvalue weighted by molar-refractivity contribution is -0.125. The van der Waals surface area contributed by atoms with E-state index in [1.807, 2.05) is 43.3 Å². The average Bonchev–Trinajstić information content (AvgIpc) is 2.67. The Balaban J connectivity index is 1.61. The molecular formula is C20H26N2O5S. The zero-order valence-electron chi connectivity index (χ0n) is 16.1. The zero-order valence-corrected chi connectivity index (χ0v) is 16.9. The number of ether oxygens (including phenoxy) is 2. The molecule has 0 saturated heterocycles. The normalized spacial score (nSPS) is 11.2. The minimum absolute atomic E-state index is 0.0958. The standard InChI is InChI=1S/C20H26N2O5S/c1-16-8-9-17(2)19(14-16)28(24,25)22-11-10-21-20(23)15-26-12-13-27-18-6-4-3-5-7-18/h3-9,14,22H,10-13,15H2,1-2H3,(H,21,23). The van der Waals surface area contributed by atoms with Gasteiger partial charge in [0.15, 0.2) is 0 Å². The lowest BCUT2D eigenvalue weighted by Crippen LogP contribution is -2.36. The second-order valence-corrected chi connectivity index (χ2v) is 7.97. The van der Waals surface area contributed by atoms with E-state index >= 15 is 0 Å². The quantitative estimate of drug-likeness (QED) is 0.555. The number of amides is 1. The molecular weight excluding hydrogens is 380 g/mol. The summed E-state index contributed by atoms with van der Waals surface area (Å²) in [5, 5.41) is 2.61. The third kappa shape index (κ3) is 7.30. The maximum Gasteiger partial charge on any atom is 0.246 e. The fourth-order valence-corrected chi connectivity index (χ4v) is 3.77. The molecule has 2 aromatic carbocycles. The first-order valence-electron chi connectivity index (χ1n) is 8.98. The number of rotatable bonds is 11. The van der Waals surface area contributed by atoms with Crippen molar-refractivity contribution >= 4 is 15.9 Å². The van der Waals surface area contributed by atoms with Crippen LogP contribution >= 0.6 is 0 Å². The van der Waals surface area contributed by atoms with Gasteiger partial charge in [-0.05, 0) is 43.2 Å². The van der Waals surface area contributed by atoms with Crippen molar-refractivity contribution in [3.63, 3.8) is 0 Å². The summed E-state index contributed by atoms with van der Waals surface area (Å²) in [5.41, 5.74) is 1.54. The van der Waals surface area contributed by atoms with Gasteiger partial charge in [-0.3, -0.25) is 4.79 Å². The van der Waals surface area contributed by atoms with Crippen molar-refractivity contribution in [2.24, 2.45) is 0 Å². The number of sulfonamides is 1. The highest BCUT2D eigenvalue weighted by Gasteiger charge is 2.16. The average molecular weight is 407 g/mol. The van der Waals surface area contributed by atoms with E-state index in [9.17, 15) is 13.2 Å². The topological polar surface area (TPSA) is 93.7 Å². The molecule has 0 aliphatic carbocycles. The van der Waals surface area contributed by atoms with Crippen molar-refractivity contribution in [2.45, 2.75) is 18.7 Å². The monoisotopic (exact) mass is 406 g/mol. The van der Waals surface area contributed by atoms with Crippen LogP contribution in [0.1, 0.15) is 11.1 Å². The van der Waals surface area contributed by atoms with E-state index < -0.39 is 10.0 Å². The second kappa shape index (κ2) is 10.8. The molecule has 0 heterocycles. The van der Waals surface area contributed by atoms with Gasteiger partial charge < -0.3 is 14.8 Å². The Hall–Kier alpha value is -2.42. The lowest BCUT2D eigenvalue weighted by atomic mass is 10.2. The van der Waals surface area contributed by atoms with Crippen molar-refractivity contribution in [1.82, 2.24) is 10.0 Å². The summed E-state index contributed by atoms with van der Waals surface area (Å²) in [6.07, 6.45) is 0. The summed E-state index contributed by atoms with van der Waals surface area (Å²) in [4.78, 5) is 12.0. The molecule has 0 atom stereocenters. The first-order valence-corrected chi connectivity index (χ1v) is 10.5. The molecule has 2 rings (SSSR count). The molecule has 0 aromatic heterocycles. The smallest absolute Gasteiger partial charge is 0.246 e. The number of carbonyl (C=O) groups excluding carboxylic acids is 1. The van der Waals surface area contributed by atoms with Crippen LogP contribution in [0.4, 0.5) is 0 Å². The van der Waals surface area contributed by atoms with Crippen molar-refractivity contribution < 1.29 is 22.7 Å². The molecule has 8 heteroatoms. The van der Waals surface area contributed by atoms with Gasteiger partial charge in [0, 0.05) is 13.1 Å². The molecule has 1 amide bonds.